The fraction of sp³-hybridized carbons (Fsp3) is 0.438. The SMILES string of the molecule is Cc1ncc(C(c2ccn3c(C(F)(F)F)nnc3c2C)C(C)(C)C(=O)O)cc1CN1CC2CCCCN2c2ncc(C#N)cc2S1=O. The zero-order valence-corrected chi connectivity index (χ0v) is 27.1. The molecule has 0 bridgehead atoms. The monoisotopic (exact) mass is 666 g/mol. The number of alkyl halides is 3. The van der Waals surface area contributed by atoms with Crippen molar-refractivity contribution in [2.24, 2.45) is 5.41 Å². The highest BCUT2D eigenvalue weighted by atomic mass is 32.2. The predicted molar refractivity (Wildman–Crippen MR) is 166 cm³/mol. The molecule has 6 heterocycles. The van der Waals surface area contributed by atoms with E-state index in [0.29, 0.717) is 45.2 Å². The molecule has 2 aliphatic rings. The molecule has 0 radical (unpaired) electrons. The number of pyridine rings is 3. The number of piperidine rings is 1. The zero-order chi connectivity index (χ0) is 33.8. The first-order valence-corrected chi connectivity index (χ1v) is 16.3. The number of aliphatic carboxylic acids is 1. The van der Waals surface area contributed by atoms with Gasteiger partial charge in [-0.1, -0.05) is 6.07 Å². The van der Waals surface area contributed by atoms with Gasteiger partial charge in [0.15, 0.2) is 5.65 Å². The minimum atomic E-state index is -4.72. The second-order valence-electron chi connectivity index (χ2n) is 12.7. The minimum Gasteiger partial charge on any atom is -0.481 e. The summed E-state index contributed by atoms with van der Waals surface area (Å²) < 4.78 is 57.6. The van der Waals surface area contributed by atoms with Gasteiger partial charge in [-0.2, -0.15) is 18.4 Å². The second kappa shape index (κ2) is 12.0. The molecule has 1 fully saturated rings. The van der Waals surface area contributed by atoms with Crippen molar-refractivity contribution in [2.45, 2.75) is 76.5 Å². The molecular formula is C32H33F3N8O3S. The van der Waals surface area contributed by atoms with Crippen LogP contribution in [-0.2, 0) is 28.5 Å². The summed E-state index contributed by atoms with van der Waals surface area (Å²) in [5.41, 5.74) is 1.62. The fourth-order valence-corrected chi connectivity index (χ4v) is 8.09. The highest BCUT2D eigenvalue weighted by Crippen LogP contribution is 2.44. The molecule has 0 aliphatic carbocycles. The summed E-state index contributed by atoms with van der Waals surface area (Å²) in [7, 11) is -1.66. The van der Waals surface area contributed by atoms with Gasteiger partial charge in [0.25, 0.3) is 0 Å². The number of aryl methyl sites for hydroxylation is 2. The van der Waals surface area contributed by atoms with Gasteiger partial charge >= 0.3 is 12.1 Å². The van der Waals surface area contributed by atoms with Gasteiger partial charge in [0.05, 0.1) is 15.9 Å². The lowest BCUT2D eigenvalue weighted by Gasteiger charge is -2.36. The predicted octanol–water partition coefficient (Wildman–Crippen LogP) is 5.17. The molecule has 4 aromatic rings. The first kappa shape index (κ1) is 32.5. The van der Waals surface area contributed by atoms with Crippen molar-refractivity contribution in [3.8, 4) is 6.07 Å². The van der Waals surface area contributed by atoms with Gasteiger partial charge in [-0.15, -0.1) is 10.2 Å². The minimum absolute atomic E-state index is 0.0256. The Kier molecular flexibility index (Phi) is 8.29. The molecule has 47 heavy (non-hydrogen) atoms. The van der Waals surface area contributed by atoms with E-state index in [1.807, 2.05) is 17.3 Å². The maximum atomic E-state index is 14.2. The van der Waals surface area contributed by atoms with Crippen molar-refractivity contribution >= 4 is 28.4 Å². The van der Waals surface area contributed by atoms with Crippen molar-refractivity contribution in [1.82, 2.24) is 28.9 Å². The second-order valence-corrected chi connectivity index (χ2v) is 14.1. The maximum absolute atomic E-state index is 14.2. The van der Waals surface area contributed by atoms with Crippen LogP contribution in [0.5, 0.6) is 0 Å². The van der Waals surface area contributed by atoms with Crippen LogP contribution in [0, 0.1) is 30.6 Å². The van der Waals surface area contributed by atoms with Gasteiger partial charge in [-0.25, -0.2) is 13.5 Å². The van der Waals surface area contributed by atoms with Crippen LogP contribution in [0.1, 0.15) is 78.4 Å². The first-order valence-electron chi connectivity index (χ1n) is 15.2. The van der Waals surface area contributed by atoms with E-state index < -0.39 is 40.3 Å². The van der Waals surface area contributed by atoms with Crippen LogP contribution in [-0.4, -0.2) is 63.3 Å². The maximum Gasteiger partial charge on any atom is 0.452 e. The number of hydrogen-bond acceptors (Lipinski definition) is 8. The van der Waals surface area contributed by atoms with Gasteiger partial charge < -0.3 is 10.0 Å². The zero-order valence-electron chi connectivity index (χ0n) is 26.2. The quantitative estimate of drug-likeness (QED) is 0.295. The van der Waals surface area contributed by atoms with Gasteiger partial charge in [-0.3, -0.25) is 14.2 Å². The normalized spacial score (nSPS) is 19.5. The molecule has 4 aromatic heterocycles. The lowest BCUT2D eigenvalue weighted by Crippen LogP contribution is -2.45. The number of nitrogens with zero attached hydrogens (tertiary/aromatic N) is 8. The van der Waals surface area contributed by atoms with Crippen LogP contribution in [0.15, 0.2) is 41.7 Å². The Morgan fingerprint density at radius 2 is 1.94 bits per heavy atom. The average Bonchev–Trinajstić information content (AvgIpc) is 3.44. The Labute approximate surface area is 271 Å². The fourth-order valence-electron chi connectivity index (χ4n) is 6.69. The standard InChI is InChI=1S/C32H33F3N8O3S/c1-18-24(8-10-43-27(18)39-40-29(43)32(33,34)35)26(31(3,4)30(44)45)21-12-22(19(2)37-15-21)16-41-17-23-7-5-6-9-42(23)28-25(47(41)46)11-20(13-36)14-38-28/h8,10-12,14-15,23,26H,5-7,9,16-17H2,1-4H3,(H,44,45). The Balaban J connectivity index is 1.43. The Bertz CT molecular complexity index is 1950. The molecule has 11 nitrogen and oxygen atoms in total. The Morgan fingerprint density at radius 3 is 2.64 bits per heavy atom. The number of carboxylic acid groups (broad SMARTS) is 1. The van der Waals surface area contributed by atoms with E-state index in [0.717, 1.165) is 35.8 Å². The van der Waals surface area contributed by atoms with Gasteiger partial charge in [0.2, 0.25) is 5.82 Å². The topological polar surface area (TPSA) is 141 Å². The number of anilines is 1. The van der Waals surface area contributed by atoms with Crippen molar-refractivity contribution < 1.29 is 27.3 Å². The average molecular weight is 667 g/mol. The summed E-state index contributed by atoms with van der Waals surface area (Å²) in [4.78, 5) is 24.5. The number of hydrogen-bond donors (Lipinski definition) is 1. The van der Waals surface area contributed by atoms with Crippen molar-refractivity contribution in [2.75, 3.05) is 18.0 Å². The van der Waals surface area contributed by atoms with Crippen molar-refractivity contribution in [1.29, 1.82) is 5.26 Å². The van der Waals surface area contributed by atoms with Crippen LogP contribution >= 0.6 is 0 Å². The summed E-state index contributed by atoms with van der Waals surface area (Å²) in [6.07, 6.45) is 2.47. The molecule has 2 aliphatic heterocycles. The summed E-state index contributed by atoms with van der Waals surface area (Å²) in [5, 5.41) is 27.1. The molecule has 246 valence electrons. The van der Waals surface area contributed by atoms with E-state index >= 15 is 0 Å². The van der Waals surface area contributed by atoms with Crippen LogP contribution in [0.25, 0.3) is 5.65 Å². The van der Waals surface area contributed by atoms with E-state index in [1.54, 1.807) is 33.0 Å². The summed E-state index contributed by atoms with van der Waals surface area (Å²) in [6, 6.07) is 7.10. The Morgan fingerprint density at radius 1 is 1.17 bits per heavy atom. The van der Waals surface area contributed by atoms with Crippen LogP contribution in [0.2, 0.25) is 0 Å². The van der Waals surface area contributed by atoms with Crippen LogP contribution in [0.3, 0.4) is 0 Å². The number of fused-ring (bicyclic) bond motifs is 4. The van der Waals surface area contributed by atoms with E-state index in [-0.39, 0.29) is 18.2 Å². The molecular weight excluding hydrogens is 633 g/mol. The molecule has 0 saturated carbocycles. The summed E-state index contributed by atoms with van der Waals surface area (Å²) in [5.74, 6) is -2.50. The third-order valence-electron chi connectivity index (χ3n) is 9.30. The number of rotatable bonds is 6. The smallest absolute Gasteiger partial charge is 0.452 e. The van der Waals surface area contributed by atoms with E-state index in [4.69, 9.17) is 0 Å². The third kappa shape index (κ3) is 5.73. The molecule has 0 aromatic carbocycles. The lowest BCUT2D eigenvalue weighted by atomic mass is 9.70. The molecule has 1 saturated heterocycles. The van der Waals surface area contributed by atoms with Crippen LogP contribution < -0.4 is 4.90 Å². The van der Waals surface area contributed by atoms with E-state index in [9.17, 15) is 32.5 Å². The lowest BCUT2D eigenvalue weighted by molar-refractivity contribution is -0.147. The molecule has 3 unspecified atom stereocenters. The molecule has 0 spiro atoms. The van der Waals surface area contributed by atoms with Crippen molar-refractivity contribution in [3.05, 3.63) is 76.1 Å². The summed E-state index contributed by atoms with van der Waals surface area (Å²) >= 11 is 0. The first-order chi connectivity index (χ1) is 22.2. The highest BCUT2D eigenvalue weighted by Gasteiger charge is 2.42. The van der Waals surface area contributed by atoms with Crippen molar-refractivity contribution in [3.63, 3.8) is 0 Å². The molecule has 0 amide bonds. The van der Waals surface area contributed by atoms with Crippen LogP contribution in [0.4, 0.5) is 19.0 Å². The number of halogens is 3. The Hall–Kier alpha value is -4.42. The molecule has 6 rings (SSSR count). The molecule has 15 heteroatoms. The van der Waals surface area contributed by atoms with E-state index in [2.05, 4.69) is 31.1 Å². The number of aromatic nitrogens is 5. The van der Waals surface area contributed by atoms with Gasteiger partial charge in [0.1, 0.15) is 22.9 Å². The number of carboxylic acids is 1. The molecule has 1 N–H and O–H groups in total. The largest absolute Gasteiger partial charge is 0.481 e. The number of nitriles is 1. The summed E-state index contributed by atoms with van der Waals surface area (Å²) in [6.45, 7) is 8.01. The number of carbonyl (C=O) groups is 1. The van der Waals surface area contributed by atoms with E-state index in [1.165, 1.54) is 18.5 Å². The van der Waals surface area contributed by atoms with Gasteiger partial charge in [0, 0.05) is 55.9 Å². The third-order valence-corrected chi connectivity index (χ3v) is 10.7. The van der Waals surface area contributed by atoms with Gasteiger partial charge in [-0.05, 0) is 81.3 Å². The molecule has 3 atom stereocenters. The highest BCUT2D eigenvalue weighted by molar-refractivity contribution is 7.82.